The van der Waals surface area contributed by atoms with Crippen LogP contribution in [0.1, 0.15) is 32.6 Å². The summed E-state index contributed by atoms with van der Waals surface area (Å²) in [4.78, 5) is 13.5. The molecule has 2 N–H and O–H groups in total. The van der Waals surface area contributed by atoms with Crippen LogP contribution in [0.4, 0.5) is 0 Å². The van der Waals surface area contributed by atoms with Gasteiger partial charge in [-0.1, -0.05) is 0 Å². The molecule has 1 rings (SSSR count). The van der Waals surface area contributed by atoms with E-state index in [1.165, 1.54) is 0 Å². The van der Waals surface area contributed by atoms with E-state index < -0.39 is 15.1 Å². The monoisotopic (exact) mass is 262 g/mol. The van der Waals surface area contributed by atoms with E-state index in [0.29, 0.717) is 26.1 Å². The van der Waals surface area contributed by atoms with Crippen molar-refractivity contribution in [1.29, 1.82) is 0 Å². The van der Waals surface area contributed by atoms with Gasteiger partial charge in [-0.3, -0.25) is 4.79 Å². The quantitative estimate of drug-likeness (QED) is 0.765. The molecule has 0 aliphatic carbocycles. The molecule has 6 heteroatoms. The van der Waals surface area contributed by atoms with Crippen LogP contribution in [0.15, 0.2) is 0 Å². The van der Waals surface area contributed by atoms with E-state index in [2.05, 4.69) is 0 Å². The number of piperidine rings is 1. The predicted molar refractivity (Wildman–Crippen MR) is 67.4 cm³/mol. The first kappa shape index (κ1) is 14.4. The Hall–Kier alpha value is -0.620. The second kappa shape index (κ2) is 6.35. The maximum Gasteiger partial charge on any atom is 0.237 e. The molecule has 0 spiro atoms. The van der Waals surface area contributed by atoms with Crippen molar-refractivity contribution in [3.05, 3.63) is 0 Å². The van der Waals surface area contributed by atoms with Crippen LogP contribution in [0.2, 0.25) is 0 Å². The van der Waals surface area contributed by atoms with Crippen molar-refractivity contribution < 1.29 is 13.2 Å². The number of carbonyl (C=O) groups excluding carboxylic acids is 1. The van der Waals surface area contributed by atoms with E-state index >= 15 is 0 Å². The number of rotatable bonds is 5. The van der Waals surface area contributed by atoms with Crippen LogP contribution in [0.25, 0.3) is 0 Å². The average Bonchev–Trinajstić information content (AvgIpc) is 2.30. The maximum atomic E-state index is 11.9. The minimum atomic E-state index is -3.34. The van der Waals surface area contributed by atoms with Gasteiger partial charge in [0, 0.05) is 13.1 Å². The van der Waals surface area contributed by atoms with Crippen molar-refractivity contribution in [2.45, 2.75) is 37.9 Å². The summed E-state index contributed by atoms with van der Waals surface area (Å²) < 4.78 is 23.7. The smallest absolute Gasteiger partial charge is 0.237 e. The molecule has 1 aliphatic rings. The van der Waals surface area contributed by atoms with Crippen molar-refractivity contribution in [2.24, 2.45) is 5.73 Å². The number of amides is 1. The van der Waals surface area contributed by atoms with Gasteiger partial charge in [0.2, 0.25) is 5.91 Å². The van der Waals surface area contributed by atoms with Crippen molar-refractivity contribution in [3.8, 4) is 0 Å². The number of hydrogen-bond acceptors (Lipinski definition) is 4. The molecule has 0 aromatic carbocycles. The van der Waals surface area contributed by atoms with E-state index in [-0.39, 0.29) is 11.7 Å². The molecular formula is C11H22N2O3S. The molecule has 17 heavy (non-hydrogen) atoms. The van der Waals surface area contributed by atoms with E-state index in [1.807, 2.05) is 0 Å². The van der Waals surface area contributed by atoms with Gasteiger partial charge in [-0.15, -0.1) is 0 Å². The van der Waals surface area contributed by atoms with Crippen LogP contribution in [0.3, 0.4) is 0 Å². The summed E-state index contributed by atoms with van der Waals surface area (Å²) in [6.07, 6.45) is 3.49. The molecule has 1 amide bonds. The third kappa shape index (κ3) is 4.27. The Labute approximate surface area is 103 Å². The van der Waals surface area contributed by atoms with Crippen LogP contribution >= 0.6 is 0 Å². The zero-order valence-electron chi connectivity index (χ0n) is 10.4. The Bertz CT molecular complexity index is 348. The van der Waals surface area contributed by atoms with Crippen LogP contribution in [0.5, 0.6) is 0 Å². The summed E-state index contributed by atoms with van der Waals surface area (Å²) in [5, 5.41) is -0.527. The first-order valence-electron chi connectivity index (χ1n) is 6.17. The highest BCUT2D eigenvalue weighted by atomic mass is 32.2. The summed E-state index contributed by atoms with van der Waals surface area (Å²) in [6, 6.07) is 0. The van der Waals surface area contributed by atoms with Crippen molar-refractivity contribution >= 4 is 15.7 Å². The fraction of sp³-hybridized carbons (Fsp3) is 0.909. The van der Waals surface area contributed by atoms with Gasteiger partial charge in [-0.25, -0.2) is 8.42 Å². The van der Waals surface area contributed by atoms with Gasteiger partial charge in [0.25, 0.3) is 0 Å². The summed E-state index contributed by atoms with van der Waals surface area (Å²) >= 11 is 0. The van der Waals surface area contributed by atoms with Crippen molar-refractivity contribution in [2.75, 3.05) is 25.4 Å². The Morgan fingerprint density at radius 1 is 1.29 bits per heavy atom. The highest BCUT2D eigenvalue weighted by Crippen LogP contribution is 2.12. The van der Waals surface area contributed by atoms with Gasteiger partial charge in [-0.2, -0.15) is 0 Å². The molecule has 100 valence electrons. The number of hydrogen-bond donors (Lipinski definition) is 1. The van der Waals surface area contributed by atoms with Crippen LogP contribution in [-0.2, 0) is 14.6 Å². The highest BCUT2D eigenvalue weighted by molar-refractivity contribution is 7.92. The Morgan fingerprint density at radius 2 is 1.88 bits per heavy atom. The second-order valence-corrected chi connectivity index (χ2v) is 7.06. The van der Waals surface area contributed by atoms with Gasteiger partial charge in [0.05, 0.1) is 5.25 Å². The zero-order chi connectivity index (χ0) is 12.9. The van der Waals surface area contributed by atoms with Gasteiger partial charge in [0.1, 0.15) is 5.75 Å². The fourth-order valence-electron chi connectivity index (χ4n) is 1.96. The fourth-order valence-corrected chi connectivity index (χ4v) is 3.27. The molecule has 1 saturated heterocycles. The minimum absolute atomic E-state index is 0.256. The molecule has 0 radical (unpaired) electrons. The lowest BCUT2D eigenvalue weighted by atomic mass is 10.1. The van der Waals surface area contributed by atoms with Gasteiger partial charge < -0.3 is 10.6 Å². The highest BCUT2D eigenvalue weighted by Gasteiger charge is 2.27. The Morgan fingerprint density at radius 3 is 2.41 bits per heavy atom. The average molecular weight is 262 g/mol. The lowest BCUT2D eigenvalue weighted by Crippen LogP contribution is -2.41. The molecule has 1 aliphatic heterocycles. The Balaban J connectivity index is 2.54. The minimum Gasteiger partial charge on any atom is -0.342 e. The van der Waals surface area contributed by atoms with E-state index in [0.717, 1.165) is 19.3 Å². The molecule has 1 heterocycles. The number of sulfone groups is 1. The summed E-state index contributed by atoms with van der Waals surface area (Å²) in [6.45, 7) is 3.34. The zero-order valence-corrected chi connectivity index (χ0v) is 11.2. The largest absolute Gasteiger partial charge is 0.342 e. The summed E-state index contributed by atoms with van der Waals surface area (Å²) in [5.74, 6) is -0.623. The summed E-state index contributed by atoms with van der Waals surface area (Å²) in [5.41, 5.74) is 5.34. The summed E-state index contributed by atoms with van der Waals surface area (Å²) in [7, 11) is -3.34. The number of nitrogens with zero attached hydrogens (tertiary/aromatic N) is 1. The molecule has 1 atom stereocenters. The number of carbonyl (C=O) groups is 1. The van der Waals surface area contributed by atoms with Crippen LogP contribution in [-0.4, -0.2) is 49.9 Å². The first-order valence-corrected chi connectivity index (χ1v) is 7.88. The molecular weight excluding hydrogens is 240 g/mol. The van der Waals surface area contributed by atoms with Crippen molar-refractivity contribution in [3.63, 3.8) is 0 Å². The number of nitrogens with two attached hydrogens (primary N) is 1. The molecule has 0 bridgehead atoms. The standard InChI is InChI=1S/C11H22N2O3S/c1-10(5-6-12)17(15,16)9-11(14)13-7-3-2-4-8-13/h10H,2-9,12H2,1H3. The molecule has 0 aromatic rings. The van der Waals surface area contributed by atoms with Gasteiger partial charge in [-0.05, 0) is 39.2 Å². The van der Waals surface area contributed by atoms with Gasteiger partial charge in [0.15, 0.2) is 9.84 Å². The second-order valence-electron chi connectivity index (χ2n) is 4.64. The molecule has 1 unspecified atom stereocenters. The maximum absolute atomic E-state index is 11.9. The third-order valence-corrected chi connectivity index (χ3v) is 5.33. The Kier molecular flexibility index (Phi) is 5.39. The normalized spacial score (nSPS) is 19.1. The molecule has 0 saturated carbocycles. The van der Waals surface area contributed by atoms with Crippen molar-refractivity contribution in [1.82, 2.24) is 4.90 Å². The van der Waals surface area contributed by atoms with Crippen LogP contribution < -0.4 is 5.73 Å². The van der Waals surface area contributed by atoms with Gasteiger partial charge >= 0.3 is 0 Å². The first-order chi connectivity index (χ1) is 7.97. The lowest BCUT2D eigenvalue weighted by Gasteiger charge is -2.27. The number of likely N-dealkylation sites (tertiary alicyclic amines) is 1. The third-order valence-electron chi connectivity index (χ3n) is 3.22. The van der Waals surface area contributed by atoms with E-state index in [4.69, 9.17) is 5.73 Å². The van der Waals surface area contributed by atoms with E-state index in [9.17, 15) is 13.2 Å². The molecule has 1 fully saturated rings. The van der Waals surface area contributed by atoms with Crippen LogP contribution in [0, 0.1) is 0 Å². The SMILES string of the molecule is CC(CCN)S(=O)(=O)CC(=O)N1CCCCC1. The van der Waals surface area contributed by atoms with E-state index in [1.54, 1.807) is 11.8 Å². The molecule has 5 nitrogen and oxygen atoms in total. The lowest BCUT2D eigenvalue weighted by molar-refractivity contribution is -0.129. The predicted octanol–water partition coefficient (Wildman–Crippen LogP) is 0.151. The topological polar surface area (TPSA) is 80.5 Å². The molecule has 0 aromatic heterocycles.